The van der Waals surface area contributed by atoms with Crippen LogP contribution in [0, 0.1) is 19.3 Å². The average Bonchev–Trinajstić information content (AvgIpc) is 4.05. The number of thiophene rings is 1. The standard InChI is InChI=1S/C48H52N8O5S2/c1-29-12-6-8-14-36(29)53-43-37(54-45(59)35-27-62-39-16-9-7-13-34(35)39)24-33(26-50-43)44(58)49-22-10-17-40(57)55-42(48(3,4)5)47(61)56-23-11-15-38(56)46(60)51-25-31-18-20-32(21-19-31)41-30(2)52-28-63-41/h6-9,12-14,16,18-21,24,26-28,38,42H,10-11,15,17,22-23,25H2,1-5H3,(H,49,58)(H,50,53)(H,51,60)(H,54,59)(H,55,57). The molecular weight excluding hydrogens is 833 g/mol. The fourth-order valence-corrected chi connectivity index (χ4v) is 9.28. The van der Waals surface area contributed by atoms with E-state index < -0.39 is 23.4 Å². The van der Waals surface area contributed by atoms with E-state index in [1.807, 2.05) is 118 Å². The van der Waals surface area contributed by atoms with Crippen molar-refractivity contribution < 1.29 is 24.0 Å². The molecule has 0 aliphatic carbocycles. The molecule has 1 aliphatic heterocycles. The van der Waals surface area contributed by atoms with Gasteiger partial charge < -0.3 is 31.5 Å². The molecule has 0 spiro atoms. The number of hydrogen-bond donors (Lipinski definition) is 5. The summed E-state index contributed by atoms with van der Waals surface area (Å²) in [4.78, 5) is 79.4. The summed E-state index contributed by atoms with van der Waals surface area (Å²) in [5.74, 6) is -1.25. The van der Waals surface area contributed by atoms with Crippen LogP contribution < -0.4 is 26.6 Å². The number of aryl methyl sites for hydroxylation is 2. The Bertz CT molecular complexity index is 2630. The Morgan fingerprint density at radius 1 is 0.873 bits per heavy atom. The van der Waals surface area contributed by atoms with E-state index in [4.69, 9.17) is 0 Å². The molecule has 4 heterocycles. The van der Waals surface area contributed by atoms with Gasteiger partial charge in [-0.05, 0) is 73.4 Å². The van der Waals surface area contributed by atoms with Crippen LogP contribution >= 0.6 is 22.7 Å². The number of anilines is 3. The van der Waals surface area contributed by atoms with Crippen LogP contribution in [0.2, 0.25) is 0 Å². The summed E-state index contributed by atoms with van der Waals surface area (Å²) in [7, 11) is 0. The Kier molecular flexibility index (Phi) is 14.0. The number of amides is 5. The van der Waals surface area contributed by atoms with Crippen LogP contribution in [0.25, 0.3) is 20.5 Å². The number of benzene rings is 3. The number of carbonyl (C=O) groups excluding carboxylic acids is 5. The highest BCUT2D eigenvalue weighted by atomic mass is 32.1. The van der Waals surface area contributed by atoms with Gasteiger partial charge in [0.2, 0.25) is 17.7 Å². The Labute approximate surface area is 375 Å². The molecule has 5 N–H and O–H groups in total. The number of hydrogen-bond acceptors (Lipinski definition) is 10. The Morgan fingerprint density at radius 3 is 2.38 bits per heavy atom. The minimum Gasteiger partial charge on any atom is -0.352 e. The Morgan fingerprint density at radius 2 is 1.63 bits per heavy atom. The minimum atomic E-state index is -0.866. The molecule has 7 rings (SSSR count). The van der Waals surface area contributed by atoms with Crippen LogP contribution in [0.1, 0.15) is 84.0 Å². The van der Waals surface area contributed by atoms with E-state index in [-0.39, 0.29) is 42.2 Å². The summed E-state index contributed by atoms with van der Waals surface area (Å²) in [6.07, 6.45) is 3.01. The molecule has 5 amide bonds. The molecule has 6 aromatic rings. The molecule has 1 saturated heterocycles. The van der Waals surface area contributed by atoms with Crippen molar-refractivity contribution in [2.24, 2.45) is 5.41 Å². The number of likely N-dealkylation sites (tertiary alicyclic amines) is 1. The van der Waals surface area contributed by atoms with Gasteiger partial charge in [-0.15, -0.1) is 22.7 Å². The number of rotatable bonds is 15. The summed E-state index contributed by atoms with van der Waals surface area (Å²) in [6, 6.07) is 23.4. The lowest BCUT2D eigenvalue weighted by atomic mass is 9.85. The average molecular weight is 885 g/mol. The SMILES string of the molecule is Cc1ccccc1Nc1ncc(C(=O)NCCCC(=O)NC(C(=O)N2CCCC2C(=O)NCc2ccc(-c3scnc3C)cc2)C(C)(C)C)cc1NC(=O)c1csc2ccccc12. The molecule has 63 heavy (non-hydrogen) atoms. The molecule has 1 fully saturated rings. The van der Waals surface area contributed by atoms with Crippen molar-refractivity contribution in [2.45, 2.75) is 78.9 Å². The molecule has 2 atom stereocenters. The van der Waals surface area contributed by atoms with Crippen molar-refractivity contribution in [3.05, 3.63) is 124 Å². The molecule has 326 valence electrons. The number of aromatic nitrogens is 2. The zero-order valence-electron chi connectivity index (χ0n) is 36.0. The zero-order valence-corrected chi connectivity index (χ0v) is 37.7. The van der Waals surface area contributed by atoms with Crippen molar-refractivity contribution in [3.63, 3.8) is 0 Å². The van der Waals surface area contributed by atoms with E-state index in [1.165, 1.54) is 17.5 Å². The van der Waals surface area contributed by atoms with Crippen LogP contribution in [0.15, 0.2) is 96.0 Å². The quantitative estimate of drug-likeness (QED) is 0.0640. The lowest BCUT2D eigenvalue weighted by Crippen LogP contribution is -2.57. The highest BCUT2D eigenvalue weighted by Crippen LogP contribution is 2.31. The van der Waals surface area contributed by atoms with E-state index >= 15 is 0 Å². The maximum atomic E-state index is 14.1. The molecule has 13 nitrogen and oxygen atoms in total. The van der Waals surface area contributed by atoms with Crippen LogP contribution in [0.5, 0.6) is 0 Å². The van der Waals surface area contributed by atoms with Gasteiger partial charge in [0.25, 0.3) is 11.8 Å². The number of para-hydroxylation sites is 1. The van der Waals surface area contributed by atoms with Gasteiger partial charge in [0, 0.05) is 53.4 Å². The molecule has 15 heteroatoms. The predicted molar refractivity (Wildman–Crippen MR) is 250 cm³/mol. The second-order valence-electron chi connectivity index (χ2n) is 16.8. The normalized spacial score (nSPS) is 14.2. The Balaban J connectivity index is 0.932. The molecular formula is C48H52N8O5S2. The number of thiazole rings is 1. The van der Waals surface area contributed by atoms with Crippen LogP contribution in [-0.4, -0.2) is 69.6 Å². The van der Waals surface area contributed by atoms with Crippen LogP contribution in [0.4, 0.5) is 17.2 Å². The fourth-order valence-electron chi connectivity index (χ4n) is 7.53. The number of pyridine rings is 1. The maximum Gasteiger partial charge on any atom is 0.257 e. The van der Waals surface area contributed by atoms with Gasteiger partial charge in [0.15, 0.2) is 5.82 Å². The highest BCUT2D eigenvalue weighted by molar-refractivity contribution is 7.17. The van der Waals surface area contributed by atoms with Crippen molar-refractivity contribution >= 4 is 79.5 Å². The fraction of sp³-hybridized carbons (Fsp3) is 0.312. The second-order valence-corrected chi connectivity index (χ2v) is 18.5. The van der Waals surface area contributed by atoms with E-state index in [9.17, 15) is 24.0 Å². The lowest BCUT2D eigenvalue weighted by molar-refractivity contribution is -0.143. The van der Waals surface area contributed by atoms with Gasteiger partial charge >= 0.3 is 0 Å². The zero-order chi connectivity index (χ0) is 44.7. The highest BCUT2D eigenvalue weighted by Gasteiger charge is 2.41. The smallest absolute Gasteiger partial charge is 0.257 e. The lowest BCUT2D eigenvalue weighted by Gasteiger charge is -2.35. The van der Waals surface area contributed by atoms with Crippen molar-refractivity contribution in [2.75, 3.05) is 23.7 Å². The van der Waals surface area contributed by atoms with Gasteiger partial charge in [0.1, 0.15) is 12.1 Å². The molecule has 0 radical (unpaired) electrons. The summed E-state index contributed by atoms with van der Waals surface area (Å²) in [6.45, 7) is 10.5. The molecule has 3 aromatic heterocycles. The summed E-state index contributed by atoms with van der Waals surface area (Å²) in [5.41, 5.74) is 7.03. The van der Waals surface area contributed by atoms with Crippen molar-refractivity contribution in [1.82, 2.24) is 30.8 Å². The van der Waals surface area contributed by atoms with E-state index in [0.29, 0.717) is 49.4 Å². The van der Waals surface area contributed by atoms with Crippen LogP contribution in [0.3, 0.4) is 0 Å². The number of nitrogens with one attached hydrogen (secondary N) is 5. The first-order valence-electron chi connectivity index (χ1n) is 21.0. The van der Waals surface area contributed by atoms with Gasteiger partial charge in [-0.25, -0.2) is 9.97 Å². The third-order valence-corrected chi connectivity index (χ3v) is 13.0. The topological polar surface area (TPSA) is 175 Å². The first-order valence-corrected chi connectivity index (χ1v) is 22.8. The van der Waals surface area contributed by atoms with E-state index in [1.54, 1.807) is 22.3 Å². The molecule has 0 bridgehead atoms. The molecule has 0 saturated carbocycles. The summed E-state index contributed by atoms with van der Waals surface area (Å²) in [5, 5.41) is 17.7. The second kappa shape index (κ2) is 19.7. The minimum absolute atomic E-state index is 0.0544. The summed E-state index contributed by atoms with van der Waals surface area (Å²) < 4.78 is 0.985. The molecule has 2 unspecified atom stereocenters. The third-order valence-electron chi connectivity index (χ3n) is 11.1. The first-order chi connectivity index (χ1) is 30.3. The van der Waals surface area contributed by atoms with Crippen molar-refractivity contribution in [1.29, 1.82) is 0 Å². The molecule has 3 aromatic carbocycles. The first kappa shape index (κ1) is 44.6. The maximum absolute atomic E-state index is 14.1. The van der Waals surface area contributed by atoms with Crippen LogP contribution in [-0.2, 0) is 20.9 Å². The monoisotopic (exact) mass is 884 g/mol. The van der Waals surface area contributed by atoms with Gasteiger partial charge in [0.05, 0.1) is 32.9 Å². The Hall–Kier alpha value is -6.45. The predicted octanol–water partition coefficient (Wildman–Crippen LogP) is 8.38. The number of fused-ring (bicyclic) bond motifs is 1. The van der Waals surface area contributed by atoms with Gasteiger partial charge in [-0.2, -0.15) is 0 Å². The van der Waals surface area contributed by atoms with E-state index in [0.717, 1.165) is 43.0 Å². The van der Waals surface area contributed by atoms with Crippen molar-refractivity contribution in [3.8, 4) is 10.4 Å². The van der Waals surface area contributed by atoms with Gasteiger partial charge in [-0.1, -0.05) is 81.4 Å². The number of nitrogens with zero attached hydrogens (tertiary/aromatic N) is 3. The molecule has 1 aliphatic rings. The van der Waals surface area contributed by atoms with E-state index in [2.05, 4.69) is 36.6 Å². The summed E-state index contributed by atoms with van der Waals surface area (Å²) >= 11 is 3.06. The third kappa shape index (κ3) is 10.8. The van der Waals surface area contributed by atoms with Gasteiger partial charge in [-0.3, -0.25) is 24.0 Å². The largest absolute Gasteiger partial charge is 0.352 e. The number of carbonyl (C=O) groups is 5.